The van der Waals surface area contributed by atoms with Crippen LogP contribution in [0.3, 0.4) is 0 Å². The fraction of sp³-hybridized carbons (Fsp3) is 0.250. The lowest BCUT2D eigenvalue weighted by Crippen LogP contribution is -2.01. The SMILES string of the molecule is Cc1ccc(OCc2cnc(Br)n2C)cc1. The van der Waals surface area contributed by atoms with E-state index < -0.39 is 0 Å². The number of rotatable bonds is 3. The largest absolute Gasteiger partial charge is 0.487 e. The zero-order valence-corrected chi connectivity index (χ0v) is 10.9. The van der Waals surface area contributed by atoms with Gasteiger partial charge in [-0.1, -0.05) is 17.7 Å². The molecule has 0 N–H and O–H groups in total. The maximum absolute atomic E-state index is 5.66. The fourth-order valence-electron chi connectivity index (χ4n) is 1.35. The predicted octanol–water partition coefficient (Wildman–Crippen LogP) is 3.07. The van der Waals surface area contributed by atoms with Gasteiger partial charge in [0.2, 0.25) is 0 Å². The molecule has 16 heavy (non-hydrogen) atoms. The Balaban J connectivity index is 2.02. The molecule has 0 aliphatic rings. The third-order valence-corrected chi connectivity index (χ3v) is 3.17. The van der Waals surface area contributed by atoms with Crippen LogP contribution in [0.1, 0.15) is 11.3 Å². The van der Waals surface area contributed by atoms with Crippen molar-refractivity contribution >= 4 is 15.9 Å². The number of nitrogens with zero attached hydrogens (tertiary/aromatic N) is 2. The summed E-state index contributed by atoms with van der Waals surface area (Å²) >= 11 is 3.35. The molecule has 0 spiro atoms. The average Bonchev–Trinajstić information content (AvgIpc) is 2.60. The molecule has 0 saturated carbocycles. The van der Waals surface area contributed by atoms with Gasteiger partial charge in [-0.15, -0.1) is 0 Å². The molecule has 2 aromatic rings. The Kier molecular flexibility index (Phi) is 3.29. The van der Waals surface area contributed by atoms with E-state index in [2.05, 4.69) is 27.8 Å². The van der Waals surface area contributed by atoms with Gasteiger partial charge in [-0.25, -0.2) is 4.98 Å². The van der Waals surface area contributed by atoms with Crippen LogP contribution < -0.4 is 4.74 Å². The molecule has 2 rings (SSSR count). The third-order valence-electron chi connectivity index (χ3n) is 2.44. The van der Waals surface area contributed by atoms with Gasteiger partial charge in [0.15, 0.2) is 4.73 Å². The maximum Gasteiger partial charge on any atom is 0.177 e. The van der Waals surface area contributed by atoms with Crippen molar-refractivity contribution in [3.05, 3.63) is 46.5 Å². The molecule has 84 valence electrons. The first-order chi connectivity index (χ1) is 7.66. The lowest BCUT2D eigenvalue weighted by atomic mass is 10.2. The standard InChI is InChI=1S/C12H13BrN2O/c1-9-3-5-11(6-4-9)16-8-10-7-14-12(13)15(10)2/h3-7H,8H2,1-2H3. The number of halogens is 1. The van der Waals surface area contributed by atoms with E-state index in [9.17, 15) is 0 Å². The van der Waals surface area contributed by atoms with Crippen LogP contribution in [-0.4, -0.2) is 9.55 Å². The first-order valence-corrected chi connectivity index (χ1v) is 5.81. The smallest absolute Gasteiger partial charge is 0.177 e. The highest BCUT2D eigenvalue weighted by molar-refractivity contribution is 9.10. The monoisotopic (exact) mass is 280 g/mol. The summed E-state index contributed by atoms with van der Waals surface area (Å²) in [7, 11) is 1.95. The maximum atomic E-state index is 5.66. The predicted molar refractivity (Wildman–Crippen MR) is 66.4 cm³/mol. The summed E-state index contributed by atoms with van der Waals surface area (Å²) in [5.74, 6) is 0.878. The molecular formula is C12H13BrN2O. The molecule has 1 aromatic carbocycles. The summed E-state index contributed by atoms with van der Waals surface area (Å²) in [6, 6.07) is 8.02. The van der Waals surface area contributed by atoms with Crippen LogP contribution in [0.15, 0.2) is 35.2 Å². The van der Waals surface area contributed by atoms with Gasteiger partial charge in [0.25, 0.3) is 0 Å². The van der Waals surface area contributed by atoms with Crippen molar-refractivity contribution in [2.45, 2.75) is 13.5 Å². The highest BCUT2D eigenvalue weighted by Crippen LogP contribution is 2.15. The van der Waals surface area contributed by atoms with Crippen LogP contribution in [0.4, 0.5) is 0 Å². The van der Waals surface area contributed by atoms with E-state index in [0.717, 1.165) is 16.2 Å². The molecule has 0 amide bonds. The Labute approximate surface area is 103 Å². The van der Waals surface area contributed by atoms with Gasteiger partial charge in [-0.2, -0.15) is 0 Å². The van der Waals surface area contributed by atoms with Crippen LogP contribution in [-0.2, 0) is 13.7 Å². The van der Waals surface area contributed by atoms with E-state index >= 15 is 0 Å². The van der Waals surface area contributed by atoms with E-state index in [1.54, 1.807) is 6.20 Å². The van der Waals surface area contributed by atoms with Crippen LogP contribution in [0, 0.1) is 6.92 Å². The first-order valence-electron chi connectivity index (χ1n) is 5.02. The zero-order chi connectivity index (χ0) is 11.5. The molecule has 0 aliphatic carbocycles. The molecule has 0 bridgehead atoms. The van der Waals surface area contributed by atoms with Crippen molar-refractivity contribution < 1.29 is 4.74 Å². The van der Waals surface area contributed by atoms with Crippen molar-refractivity contribution in [3.63, 3.8) is 0 Å². The van der Waals surface area contributed by atoms with Crippen LogP contribution in [0.2, 0.25) is 0 Å². The second-order valence-electron chi connectivity index (χ2n) is 3.68. The molecule has 0 fully saturated rings. The summed E-state index contributed by atoms with van der Waals surface area (Å²) < 4.78 is 8.43. The van der Waals surface area contributed by atoms with Crippen molar-refractivity contribution in [2.75, 3.05) is 0 Å². The molecule has 1 aromatic heterocycles. The summed E-state index contributed by atoms with van der Waals surface area (Å²) in [6.07, 6.45) is 1.80. The normalized spacial score (nSPS) is 10.4. The Morgan fingerprint density at radius 2 is 2.00 bits per heavy atom. The third kappa shape index (κ3) is 2.44. The second kappa shape index (κ2) is 4.70. The van der Waals surface area contributed by atoms with Gasteiger partial charge in [0.05, 0.1) is 11.9 Å². The Morgan fingerprint density at radius 3 is 2.56 bits per heavy atom. The van der Waals surface area contributed by atoms with Gasteiger partial charge in [-0.3, -0.25) is 0 Å². The molecule has 0 unspecified atom stereocenters. The van der Waals surface area contributed by atoms with E-state index in [0.29, 0.717) is 6.61 Å². The van der Waals surface area contributed by atoms with Gasteiger partial charge in [0.1, 0.15) is 12.4 Å². The number of aryl methyl sites for hydroxylation is 1. The second-order valence-corrected chi connectivity index (χ2v) is 4.39. The number of ether oxygens (including phenoxy) is 1. The minimum absolute atomic E-state index is 0.526. The van der Waals surface area contributed by atoms with Crippen molar-refractivity contribution in [3.8, 4) is 5.75 Å². The first kappa shape index (κ1) is 11.2. The van der Waals surface area contributed by atoms with Crippen molar-refractivity contribution in [1.82, 2.24) is 9.55 Å². The minimum atomic E-state index is 0.526. The highest BCUT2D eigenvalue weighted by Gasteiger charge is 2.04. The van der Waals surface area contributed by atoms with Gasteiger partial charge in [-0.05, 0) is 35.0 Å². The molecule has 0 radical (unpaired) electrons. The molecule has 0 saturated heterocycles. The molecule has 0 atom stereocenters. The summed E-state index contributed by atoms with van der Waals surface area (Å²) in [5, 5.41) is 0. The minimum Gasteiger partial charge on any atom is -0.487 e. The molecule has 1 heterocycles. The highest BCUT2D eigenvalue weighted by atomic mass is 79.9. The van der Waals surface area contributed by atoms with E-state index in [4.69, 9.17) is 4.74 Å². The van der Waals surface area contributed by atoms with E-state index in [-0.39, 0.29) is 0 Å². The number of hydrogen-bond donors (Lipinski definition) is 0. The topological polar surface area (TPSA) is 27.1 Å². The molecule has 4 heteroatoms. The van der Waals surface area contributed by atoms with Crippen molar-refractivity contribution in [1.29, 1.82) is 0 Å². The van der Waals surface area contributed by atoms with E-state index in [1.165, 1.54) is 5.56 Å². The Morgan fingerprint density at radius 1 is 1.31 bits per heavy atom. The number of imidazole rings is 1. The number of hydrogen-bond acceptors (Lipinski definition) is 2. The lowest BCUT2D eigenvalue weighted by molar-refractivity contribution is 0.297. The molecule has 0 aliphatic heterocycles. The summed E-state index contributed by atoms with van der Waals surface area (Å²) in [5.41, 5.74) is 2.27. The van der Waals surface area contributed by atoms with Crippen LogP contribution in [0.25, 0.3) is 0 Å². The fourth-order valence-corrected chi connectivity index (χ4v) is 1.68. The number of benzene rings is 1. The van der Waals surface area contributed by atoms with Gasteiger partial charge in [0, 0.05) is 7.05 Å². The quantitative estimate of drug-likeness (QED) is 0.864. The van der Waals surface area contributed by atoms with Gasteiger partial charge >= 0.3 is 0 Å². The number of aromatic nitrogens is 2. The van der Waals surface area contributed by atoms with E-state index in [1.807, 2.05) is 35.9 Å². The van der Waals surface area contributed by atoms with Gasteiger partial charge < -0.3 is 9.30 Å². The summed E-state index contributed by atoms with van der Waals surface area (Å²) in [6.45, 7) is 2.58. The van der Waals surface area contributed by atoms with Crippen LogP contribution >= 0.6 is 15.9 Å². The van der Waals surface area contributed by atoms with Crippen LogP contribution in [0.5, 0.6) is 5.75 Å². The van der Waals surface area contributed by atoms with Crippen molar-refractivity contribution in [2.24, 2.45) is 7.05 Å². The Hall–Kier alpha value is -1.29. The average molecular weight is 281 g/mol. The Bertz CT molecular complexity index is 476. The summed E-state index contributed by atoms with van der Waals surface area (Å²) in [4.78, 5) is 4.14. The lowest BCUT2D eigenvalue weighted by Gasteiger charge is -2.06. The zero-order valence-electron chi connectivity index (χ0n) is 9.27. The molecular weight excluding hydrogens is 268 g/mol. The molecule has 3 nitrogen and oxygen atoms in total.